The highest BCUT2D eigenvalue weighted by Gasteiger charge is 2.13. The quantitative estimate of drug-likeness (QED) is 0.350. The molecule has 0 saturated carbocycles. The van der Waals surface area contributed by atoms with E-state index in [2.05, 4.69) is 20.4 Å². The molecule has 0 radical (unpaired) electrons. The minimum absolute atomic E-state index is 0.0252. The number of nitrogens with zero attached hydrogens (tertiary/aromatic N) is 4. The van der Waals surface area contributed by atoms with Crippen LogP contribution in [0.4, 0.5) is 11.5 Å². The Bertz CT molecular complexity index is 1160. The first-order valence-corrected chi connectivity index (χ1v) is 9.26. The lowest BCUT2D eigenvalue weighted by Crippen LogP contribution is -2.18. The summed E-state index contributed by atoms with van der Waals surface area (Å²) in [7, 11) is 0. The van der Waals surface area contributed by atoms with Gasteiger partial charge in [-0.1, -0.05) is 13.3 Å². The molecule has 0 aliphatic rings. The first-order valence-electron chi connectivity index (χ1n) is 9.26. The van der Waals surface area contributed by atoms with Crippen LogP contribution < -0.4 is 10.9 Å². The molecule has 0 saturated heterocycles. The second-order valence-electron chi connectivity index (χ2n) is 6.56. The molecule has 154 valence electrons. The van der Waals surface area contributed by atoms with E-state index in [1.165, 1.54) is 35.0 Å². The Balaban J connectivity index is 1.80. The molecule has 10 nitrogen and oxygen atoms in total. The van der Waals surface area contributed by atoms with Crippen LogP contribution in [0.5, 0.6) is 0 Å². The zero-order valence-corrected chi connectivity index (χ0v) is 16.5. The SMILES string of the molecule is CCCc1cc(=O)[nH]c(-n2nc(C)cc2NC(=O)C=Cc2ccc([N+](=O)[O-])cc2)n1. The van der Waals surface area contributed by atoms with Crippen LogP contribution in [0, 0.1) is 17.0 Å². The summed E-state index contributed by atoms with van der Waals surface area (Å²) in [6.07, 6.45) is 4.33. The average Bonchev–Trinajstić information content (AvgIpc) is 3.06. The summed E-state index contributed by atoms with van der Waals surface area (Å²) in [5, 5.41) is 17.7. The number of aromatic amines is 1. The molecule has 0 spiro atoms. The third-order valence-electron chi connectivity index (χ3n) is 4.10. The van der Waals surface area contributed by atoms with Gasteiger partial charge < -0.3 is 5.32 Å². The zero-order chi connectivity index (χ0) is 21.7. The first kappa shape index (κ1) is 20.6. The van der Waals surface area contributed by atoms with Crippen LogP contribution >= 0.6 is 0 Å². The maximum absolute atomic E-state index is 12.4. The van der Waals surface area contributed by atoms with E-state index < -0.39 is 10.8 Å². The lowest BCUT2D eigenvalue weighted by atomic mass is 10.2. The standard InChI is InChI=1S/C20H20N6O4/c1-3-4-15-12-19(28)23-20(21-15)25-17(11-13(2)24-25)22-18(27)10-7-14-5-8-16(9-6-14)26(29)30/h5-12H,3-4H2,1-2H3,(H,22,27)(H,21,23,28). The molecule has 3 rings (SSSR count). The first-order chi connectivity index (χ1) is 14.4. The zero-order valence-electron chi connectivity index (χ0n) is 16.5. The molecule has 1 amide bonds. The maximum atomic E-state index is 12.4. The Morgan fingerprint density at radius 2 is 2.03 bits per heavy atom. The molecular weight excluding hydrogens is 388 g/mol. The number of benzene rings is 1. The van der Waals surface area contributed by atoms with E-state index >= 15 is 0 Å². The summed E-state index contributed by atoms with van der Waals surface area (Å²) in [6.45, 7) is 3.75. The van der Waals surface area contributed by atoms with E-state index in [1.54, 1.807) is 25.1 Å². The number of non-ortho nitro benzene ring substituents is 1. The van der Waals surface area contributed by atoms with Gasteiger partial charge in [-0.3, -0.25) is 24.7 Å². The van der Waals surface area contributed by atoms with Crippen LogP contribution in [-0.2, 0) is 11.2 Å². The number of anilines is 1. The van der Waals surface area contributed by atoms with E-state index in [0.29, 0.717) is 29.2 Å². The van der Waals surface area contributed by atoms with E-state index in [1.807, 2.05) is 6.92 Å². The van der Waals surface area contributed by atoms with Crippen molar-refractivity contribution in [2.75, 3.05) is 5.32 Å². The van der Waals surface area contributed by atoms with Crippen LogP contribution in [0.1, 0.15) is 30.3 Å². The molecule has 2 N–H and O–H groups in total. The number of aromatic nitrogens is 4. The summed E-state index contributed by atoms with van der Waals surface area (Å²) >= 11 is 0. The van der Waals surface area contributed by atoms with E-state index in [4.69, 9.17) is 0 Å². The van der Waals surface area contributed by atoms with Crippen LogP contribution in [0.15, 0.2) is 47.3 Å². The summed E-state index contributed by atoms with van der Waals surface area (Å²) < 4.78 is 1.37. The molecule has 2 aromatic heterocycles. The fourth-order valence-electron chi connectivity index (χ4n) is 2.78. The number of H-pyrrole nitrogens is 1. The van der Waals surface area contributed by atoms with Gasteiger partial charge in [-0.25, -0.2) is 4.98 Å². The lowest BCUT2D eigenvalue weighted by molar-refractivity contribution is -0.384. The van der Waals surface area contributed by atoms with Crippen molar-refractivity contribution in [2.45, 2.75) is 26.7 Å². The maximum Gasteiger partial charge on any atom is 0.269 e. The van der Waals surface area contributed by atoms with Crippen LogP contribution in [0.25, 0.3) is 12.0 Å². The molecule has 0 aliphatic heterocycles. The van der Waals surface area contributed by atoms with Gasteiger partial charge in [-0.2, -0.15) is 9.78 Å². The molecule has 0 fully saturated rings. The van der Waals surface area contributed by atoms with Crippen LogP contribution in [0.3, 0.4) is 0 Å². The van der Waals surface area contributed by atoms with Gasteiger partial charge in [0.1, 0.15) is 5.82 Å². The summed E-state index contributed by atoms with van der Waals surface area (Å²) in [6, 6.07) is 8.91. The van der Waals surface area contributed by atoms with Crippen molar-refractivity contribution in [1.82, 2.24) is 19.7 Å². The number of nitro benzene ring substituents is 1. The minimum atomic E-state index is -0.489. The highest BCUT2D eigenvalue weighted by atomic mass is 16.6. The molecule has 2 heterocycles. The number of carbonyl (C=O) groups is 1. The topological polar surface area (TPSA) is 136 Å². The Hall–Kier alpha value is -4.08. The van der Waals surface area contributed by atoms with Gasteiger partial charge in [0.05, 0.1) is 10.6 Å². The van der Waals surface area contributed by atoms with Crippen LogP contribution in [-0.4, -0.2) is 30.6 Å². The summed E-state index contributed by atoms with van der Waals surface area (Å²) in [5.41, 5.74) is 1.58. The molecule has 0 bridgehead atoms. The second kappa shape index (κ2) is 8.95. The van der Waals surface area contributed by atoms with Crippen molar-refractivity contribution in [1.29, 1.82) is 0 Å². The van der Waals surface area contributed by atoms with Crippen molar-refractivity contribution < 1.29 is 9.72 Å². The van der Waals surface area contributed by atoms with Gasteiger partial charge in [-0.15, -0.1) is 0 Å². The molecule has 30 heavy (non-hydrogen) atoms. The number of nitro groups is 1. The van der Waals surface area contributed by atoms with Crippen molar-refractivity contribution in [3.05, 3.63) is 79.9 Å². The fraction of sp³-hybridized carbons (Fsp3) is 0.200. The average molecular weight is 408 g/mol. The number of carbonyl (C=O) groups excluding carboxylic acids is 1. The third-order valence-corrected chi connectivity index (χ3v) is 4.10. The number of nitrogens with one attached hydrogen (secondary N) is 2. The van der Waals surface area contributed by atoms with Gasteiger partial charge in [0.2, 0.25) is 11.9 Å². The molecular formula is C20H20N6O4. The Kier molecular flexibility index (Phi) is 6.16. The molecule has 0 atom stereocenters. The molecule has 0 unspecified atom stereocenters. The predicted octanol–water partition coefficient (Wildman–Crippen LogP) is 2.78. The second-order valence-corrected chi connectivity index (χ2v) is 6.56. The van der Waals surface area contributed by atoms with E-state index in [-0.39, 0.29) is 17.2 Å². The van der Waals surface area contributed by atoms with Crippen molar-refractivity contribution in [3.63, 3.8) is 0 Å². The Morgan fingerprint density at radius 3 is 2.70 bits per heavy atom. The highest BCUT2D eigenvalue weighted by Crippen LogP contribution is 2.15. The smallest absolute Gasteiger partial charge is 0.269 e. The number of rotatable bonds is 7. The number of hydrogen-bond acceptors (Lipinski definition) is 6. The van der Waals surface area contributed by atoms with Crippen molar-refractivity contribution in [3.8, 4) is 5.95 Å². The van der Waals surface area contributed by atoms with Crippen molar-refractivity contribution >= 4 is 23.5 Å². The normalized spacial score (nSPS) is 11.0. The van der Waals surface area contributed by atoms with Gasteiger partial charge in [0.25, 0.3) is 11.2 Å². The Labute approximate surface area is 171 Å². The molecule has 10 heteroatoms. The minimum Gasteiger partial charge on any atom is -0.307 e. The third kappa shape index (κ3) is 5.04. The van der Waals surface area contributed by atoms with Crippen molar-refractivity contribution in [2.24, 2.45) is 0 Å². The van der Waals surface area contributed by atoms with E-state index in [9.17, 15) is 19.7 Å². The largest absolute Gasteiger partial charge is 0.307 e. The highest BCUT2D eigenvalue weighted by molar-refractivity contribution is 6.01. The van der Waals surface area contributed by atoms with Gasteiger partial charge in [-0.05, 0) is 37.1 Å². The van der Waals surface area contributed by atoms with Gasteiger partial charge in [0, 0.05) is 36.0 Å². The number of hydrogen-bond donors (Lipinski definition) is 2. The molecule has 0 aliphatic carbocycles. The predicted molar refractivity (Wildman–Crippen MR) is 111 cm³/mol. The van der Waals surface area contributed by atoms with Gasteiger partial charge in [0.15, 0.2) is 0 Å². The summed E-state index contributed by atoms with van der Waals surface area (Å²) in [5.74, 6) is 0.137. The van der Waals surface area contributed by atoms with Crippen LogP contribution in [0.2, 0.25) is 0 Å². The number of aryl methyl sites for hydroxylation is 2. The monoisotopic (exact) mass is 408 g/mol. The molecule has 1 aromatic carbocycles. The van der Waals surface area contributed by atoms with E-state index in [0.717, 1.165) is 6.42 Å². The lowest BCUT2D eigenvalue weighted by Gasteiger charge is -2.08. The molecule has 3 aromatic rings. The Morgan fingerprint density at radius 1 is 1.30 bits per heavy atom. The fourth-order valence-corrected chi connectivity index (χ4v) is 2.78. The number of amides is 1. The van der Waals surface area contributed by atoms with Gasteiger partial charge >= 0.3 is 0 Å². The summed E-state index contributed by atoms with van der Waals surface area (Å²) in [4.78, 5) is 41.6.